The average Bonchev–Trinajstić information content (AvgIpc) is 2.74. The summed E-state index contributed by atoms with van der Waals surface area (Å²) < 4.78 is 60.9. The molecule has 0 aromatic heterocycles. The van der Waals surface area contributed by atoms with E-state index < -0.39 is 46.3 Å². The van der Waals surface area contributed by atoms with Crippen molar-refractivity contribution in [2.24, 2.45) is 5.92 Å². The first kappa shape index (κ1) is 16.2. The van der Waals surface area contributed by atoms with Crippen LogP contribution in [0, 0.1) is 5.92 Å². The van der Waals surface area contributed by atoms with E-state index in [0.717, 1.165) is 7.05 Å². The summed E-state index contributed by atoms with van der Waals surface area (Å²) in [5.41, 5.74) is 0. The number of aliphatic carboxylic acids is 1. The van der Waals surface area contributed by atoms with Crippen LogP contribution in [0.3, 0.4) is 0 Å². The molecule has 112 valence electrons. The zero-order valence-corrected chi connectivity index (χ0v) is 11.2. The Bertz CT molecular complexity index is 435. The lowest BCUT2D eigenvalue weighted by Gasteiger charge is -2.24. The van der Waals surface area contributed by atoms with E-state index in [4.69, 9.17) is 5.11 Å². The van der Waals surface area contributed by atoms with Crippen LogP contribution in [0.25, 0.3) is 0 Å². The molecule has 5 nitrogen and oxygen atoms in total. The van der Waals surface area contributed by atoms with Gasteiger partial charge in [0.25, 0.3) is 0 Å². The first-order chi connectivity index (χ1) is 8.55. The van der Waals surface area contributed by atoms with Crippen LogP contribution in [0.1, 0.15) is 25.7 Å². The van der Waals surface area contributed by atoms with Gasteiger partial charge in [-0.05, 0) is 12.8 Å². The van der Waals surface area contributed by atoms with Crippen LogP contribution in [0.5, 0.6) is 0 Å². The summed E-state index contributed by atoms with van der Waals surface area (Å²) in [5, 5.41) is 7.80. The maximum atomic E-state index is 12.1. The van der Waals surface area contributed by atoms with Crippen molar-refractivity contribution in [3.05, 3.63) is 0 Å². The highest BCUT2D eigenvalue weighted by Crippen LogP contribution is 2.33. The Morgan fingerprint density at radius 3 is 2.42 bits per heavy atom. The molecule has 1 aliphatic rings. The molecule has 0 radical (unpaired) electrons. The molecule has 0 spiro atoms. The fourth-order valence-corrected chi connectivity index (χ4v) is 4.15. The summed E-state index contributed by atoms with van der Waals surface area (Å²) >= 11 is 0. The van der Waals surface area contributed by atoms with Crippen molar-refractivity contribution in [2.45, 2.75) is 37.1 Å². The van der Waals surface area contributed by atoms with Crippen molar-refractivity contribution in [1.82, 2.24) is 4.31 Å². The van der Waals surface area contributed by atoms with Crippen LogP contribution in [0.2, 0.25) is 0 Å². The van der Waals surface area contributed by atoms with Crippen LogP contribution in [0.15, 0.2) is 0 Å². The molecule has 0 saturated heterocycles. The number of alkyl halides is 3. The largest absolute Gasteiger partial charge is 0.481 e. The number of rotatable bonds is 5. The molecule has 0 heterocycles. The Kier molecular flexibility index (Phi) is 4.83. The van der Waals surface area contributed by atoms with Crippen molar-refractivity contribution >= 4 is 16.0 Å². The van der Waals surface area contributed by atoms with Crippen molar-refractivity contribution in [1.29, 1.82) is 0 Å². The molecule has 1 N–H and O–H groups in total. The molecule has 1 saturated carbocycles. The quantitative estimate of drug-likeness (QED) is 0.834. The Hall–Kier alpha value is -0.830. The van der Waals surface area contributed by atoms with Crippen molar-refractivity contribution < 1.29 is 31.5 Å². The number of hydrogen-bond donors (Lipinski definition) is 1. The predicted octanol–water partition coefficient (Wildman–Crippen LogP) is 1.45. The van der Waals surface area contributed by atoms with Crippen LogP contribution in [-0.4, -0.2) is 48.8 Å². The zero-order valence-electron chi connectivity index (χ0n) is 10.4. The molecule has 0 aromatic carbocycles. The molecular weight excluding hydrogens is 287 g/mol. The molecule has 0 bridgehead atoms. The highest BCUT2D eigenvalue weighted by molar-refractivity contribution is 7.89. The van der Waals surface area contributed by atoms with Gasteiger partial charge in [-0.3, -0.25) is 4.79 Å². The second kappa shape index (κ2) is 5.66. The smallest absolute Gasteiger partial charge is 0.390 e. The summed E-state index contributed by atoms with van der Waals surface area (Å²) in [6, 6.07) is 0. The van der Waals surface area contributed by atoms with Gasteiger partial charge in [0.15, 0.2) is 0 Å². The average molecular weight is 303 g/mol. The Balaban J connectivity index is 2.77. The van der Waals surface area contributed by atoms with E-state index >= 15 is 0 Å². The van der Waals surface area contributed by atoms with Gasteiger partial charge in [-0.15, -0.1) is 0 Å². The number of nitrogens with zero attached hydrogens (tertiary/aromatic N) is 1. The van der Waals surface area contributed by atoms with E-state index in [2.05, 4.69) is 0 Å². The third-order valence-electron chi connectivity index (χ3n) is 3.30. The molecule has 1 fully saturated rings. The van der Waals surface area contributed by atoms with E-state index in [1.165, 1.54) is 0 Å². The second-order valence-corrected chi connectivity index (χ2v) is 6.90. The number of carboxylic acids is 1. The fraction of sp³-hybridized carbons (Fsp3) is 0.900. The van der Waals surface area contributed by atoms with Crippen LogP contribution >= 0.6 is 0 Å². The molecule has 1 aliphatic carbocycles. The van der Waals surface area contributed by atoms with E-state index in [9.17, 15) is 26.4 Å². The molecule has 0 aromatic rings. The Morgan fingerprint density at radius 1 is 1.37 bits per heavy atom. The van der Waals surface area contributed by atoms with Crippen LogP contribution < -0.4 is 0 Å². The van der Waals surface area contributed by atoms with E-state index in [1.807, 2.05) is 0 Å². The van der Waals surface area contributed by atoms with Gasteiger partial charge in [0.1, 0.15) is 0 Å². The number of hydrogen-bond acceptors (Lipinski definition) is 3. The normalized spacial score (nSPS) is 24.9. The standard InChI is InChI=1S/C10H16F3NO4S/c1-14(6-5-10(11,12)13)19(17,18)8-4-2-3-7(8)9(15)16/h7-8H,2-6H2,1H3,(H,15,16). The minimum absolute atomic E-state index is 0.176. The predicted molar refractivity (Wildman–Crippen MR) is 61.0 cm³/mol. The summed E-state index contributed by atoms with van der Waals surface area (Å²) in [7, 11) is -2.95. The maximum absolute atomic E-state index is 12.1. The molecule has 0 amide bonds. The summed E-state index contributed by atoms with van der Waals surface area (Å²) in [4.78, 5) is 10.9. The molecule has 2 atom stereocenters. The minimum Gasteiger partial charge on any atom is -0.481 e. The molecule has 9 heteroatoms. The number of sulfonamides is 1. The van der Waals surface area contributed by atoms with E-state index in [0.29, 0.717) is 10.7 Å². The fourth-order valence-electron chi connectivity index (χ4n) is 2.21. The van der Waals surface area contributed by atoms with Crippen molar-refractivity contribution in [2.75, 3.05) is 13.6 Å². The van der Waals surface area contributed by atoms with Gasteiger partial charge < -0.3 is 5.11 Å². The summed E-state index contributed by atoms with van der Waals surface area (Å²) in [6.07, 6.45) is -4.81. The van der Waals surface area contributed by atoms with Crippen molar-refractivity contribution in [3.8, 4) is 0 Å². The molecule has 0 aliphatic heterocycles. The first-order valence-corrected chi connectivity index (χ1v) is 7.31. The monoisotopic (exact) mass is 303 g/mol. The van der Waals surface area contributed by atoms with Gasteiger partial charge in [0.2, 0.25) is 10.0 Å². The highest BCUT2D eigenvalue weighted by Gasteiger charge is 2.43. The molecule has 19 heavy (non-hydrogen) atoms. The van der Waals surface area contributed by atoms with E-state index in [1.54, 1.807) is 0 Å². The van der Waals surface area contributed by atoms with E-state index in [-0.39, 0.29) is 12.8 Å². The number of halogens is 3. The summed E-state index contributed by atoms with van der Waals surface area (Å²) in [5.74, 6) is -2.24. The van der Waals surface area contributed by atoms with Crippen molar-refractivity contribution in [3.63, 3.8) is 0 Å². The Labute approximate surface area is 109 Å². The second-order valence-electron chi connectivity index (χ2n) is 4.65. The number of carboxylic acid groups (broad SMARTS) is 1. The Morgan fingerprint density at radius 2 is 1.95 bits per heavy atom. The third-order valence-corrected chi connectivity index (χ3v) is 5.68. The van der Waals surface area contributed by atoms with Gasteiger partial charge in [-0.25, -0.2) is 12.7 Å². The summed E-state index contributed by atoms with van der Waals surface area (Å²) in [6.45, 7) is -0.686. The maximum Gasteiger partial charge on any atom is 0.390 e. The lowest BCUT2D eigenvalue weighted by molar-refractivity contribution is -0.141. The third kappa shape index (κ3) is 4.07. The van der Waals surface area contributed by atoms with Gasteiger partial charge in [0, 0.05) is 13.6 Å². The topological polar surface area (TPSA) is 74.7 Å². The minimum atomic E-state index is -4.44. The van der Waals surface area contributed by atoms with Crippen LogP contribution in [0.4, 0.5) is 13.2 Å². The molecular formula is C10H16F3NO4S. The SMILES string of the molecule is CN(CCC(F)(F)F)S(=O)(=O)C1CCCC1C(=O)O. The van der Waals surface area contributed by atoms with Gasteiger partial charge >= 0.3 is 12.1 Å². The first-order valence-electron chi connectivity index (χ1n) is 5.80. The van der Waals surface area contributed by atoms with Gasteiger partial charge in [0.05, 0.1) is 17.6 Å². The zero-order chi connectivity index (χ0) is 14.8. The molecule has 2 unspecified atom stereocenters. The lowest BCUT2D eigenvalue weighted by Crippen LogP contribution is -2.41. The van der Waals surface area contributed by atoms with Gasteiger partial charge in [-0.1, -0.05) is 6.42 Å². The van der Waals surface area contributed by atoms with Gasteiger partial charge in [-0.2, -0.15) is 13.2 Å². The van der Waals surface area contributed by atoms with Crippen LogP contribution in [-0.2, 0) is 14.8 Å². The molecule has 1 rings (SSSR count). The lowest BCUT2D eigenvalue weighted by atomic mass is 10.1. The highest BCUT2D eigenvalue weighted by atomic mass is 32.2. The number of carbonyl (C=O) groups is 1.